The quantitative estimate of drug-likeness (QED) is 0.348. The zero-order chi connectivity index (χ0) is 27.5. The fourth-order valence-electron chi connectivity index (χ4n) is 5.10. The second kappa shape index (κ2) is 10.7. The number of carbonyl (C=O) groups excluding carboxylic acids is 1. The molecule has 40 heavy (non-hydrogen) atoms. The third kappa shape index (κ3) is 5.19. The highest BCUT2D eigenvalue weighted by atomic mass is 16.5. The molecule has 6 rings (SSSR count). The van der Waals surface area contributed by atoms with Crippen LogP contribution in [0, 0.1) is 28.6 Å². The molecule has 5 heterocycles. The molecule has 1 saturated heterocycles. The minimum absolute atomic E-state index is 0.178. The first-order valence-corrected chi connectivity index (χ1v) is 13.5. The largest absolute Gasteiger partial charge is 0.492 e. The molecule has 0 spiro atoms. The first-order valence-electron chi connectivity index (χ1n) is 13.5. The molecule has 0 bridgehead atoms. The van der Waals surface area contributed by atoms with E-state index in [0.717, 1.165) is 54.0 Å². The third-order valence-electron chi connectivity index (χ3n) is 7.53. The highest BCUT2D eigenvalue weighted by molar-refractivity contribution is 5.85. The second-order valence-electron chi connectivity index (χ2n) is 10.2. The van der Waals surface area contributed by atoms with Gasteiger partial charge in [-0.25, -0.2) is 9.50 Å². The van der Waals surface area contributed by atoms with Crippen LogP contribution in [0.15, 0.2) is 61.3 Å². The Bertz CT molecular complexity index is 1630. The van der Waals surface area contributed by atoms with Gasteiger partial charge < -0.3 is 14.5 Å². The van der Waals surface area contributed by atoms with Crippen LogP contribution in [0.5, 0.6) is 5.75 Å². The summed E-state index contributed by atoms with van der Waals surface area (Å²) in [6.07, 6.45) is 11.1. The molecule has 4 aromatic rings. The minimum atomic E-state index is -0.180. The van der Waals surface area contributed by atoms with Crippen LogP contribution in [0.4, 0.5) is 5.82 Å². The number of fused-ring (bicyclic) bond motifs is 1. The van der Waals surface area contributed by atoms with E-state index in [4.69, 9.17) is 9.72 Å². The van der Waals surface area contributed by atoms with Crippen LogP contribution in [0.1, 0.15) is 37.3 Å². The highest BCUT2D eigenvalue weighted by Gasteiger charge is 2.44. The van der Waals surface area contributed by atoms with Gasteiger partial charge in [0.25, 0.3) is 0 Å². The third-order valence-corrected chi connectivity index (χ3v) is 7.53. The number of ether oxygens (including phenoxy) is 1. The Morgan fingerprint density at radius 2 is 1.90 bits per heavy atom. The average molecular weight is 532 g/mol. The number of amides is 1. The summed E-state index contributed by atoms with van der Waals surface area (Å²) >= 11 is 0. The Hall–Kier alpha value is -4.89. The van der Waals surface area contributed by atoms with Gasteiger partial charge in [0.05, 0.1) is 30.1 Å². The lowest BCUT2D eigenvalue weighted by molar-refractivity contribution is -0.132. The standard InChI is InChI=1S/C31H29N7O2/c1-2-40-26-17-27(30-25(19-32)21-35-38(30)22-26)24-3-4-28(34-20-24)36-13-15-37(16-14-36)29(39)18-31(9-10-31)8-5-23-6-11-33-12-7-23/h3-4,6-7,11-12,17,20-22H,2,9-10,13-16,18H2,1H3. The maximum Gasteiger partial charge on any atom is 0.224 e. The van der Waals surface area contributed by atoms with Crippen LogP contribution in [0.25, 0.3) is 16.6 Å². The molecule has 0 atom stereocenters. The van der Waals surface area contributed by atoms with Crippen molar-refractivity contribution in [2.75, 3.05) is 37.7 Å². The maximum absolute atomic E-state index is 13.1. The van der Waals surface area contributed by atoms with Crippen molar-refractivity contribution in [1.29, 1.82) is 5.26 Å². The Balaban J connectivity index is 1.11. The van der Waals surface area contributed by atoms with Crippen molar-refractivity contribution in [2.45, 2.75) is 26.2 Å². The molecule has 1 saturated carbocycles. The predicted molar refractivity (Wildman–Crippen MR) is 150 cm³/mol. The van der Waals surface area contributed by atoms with E-state index >= 15 is 0 Å². The summed E-state index contributed by atoms with van der Waals surface area (Å²) in [6.45, 7) is 5.23. The molecule has 2 fully saturated rings. The number of nitriles is 1. The number of rotatable bonds is 6. The summed E-state index contributed by atoms with van der Waals surface area (Å²) in [5, 5.41) is 13.9. The molecule has 1 amide bonds. The van der Waals surface area contributed by atoms with E-state index in [9.17, 15) is 10.1 Å². The molecule has 4 aromatic heterocycles. The van der Waals surface area contributed by atoms with E-state index in [2.05, 4.69) is 32.9 Å². The lowest BCUT2D eigenvalue weighted by Crippen LogP contribution is -2.49. The molecule has 1 aliphatic heterocycles. The summed E-state index contributed by atoms with van der Waals surface area (Å²) in [5.41, 5.74) is 3.70. The number of piperazine rings is 1. The summed E-state index contributed by atoms with van der Waals surface area (Å²) in [5.74, 6) is 8.30. The summed E-state index contributed by atoms with van der Waals surface area (Å²) in [4.78, 5) is 26.0. The van der Waals surface area contributed by atoms with Crippen molar-refractivity contribution >= 4 is 17.2 Å². The van der Waals surface area contributed by atoms with Gasteiger partial charge in [-0.2, -0.15) is 10.4 Å². The van der Waals surface area contributed by atoms with Gasteiger partial charge in [-0.1, -0.05) is 11.8 Å². The van der Waals surface area contributed by atoms with E-state index in [1.54, 1.807) is 29.3 Å². The van der Waals surface area contributed by atoms with Gasteiger partial charge in [0.15, 0.2) is 0 Å². The van der Waals surface area contributed by atoms with Crippen molar-refractivity contribution in [3.05, 3.63) is 72.4 Å². The molecular weight excluding hydrogens is 502 g/mol. The monoisotopic (exact) mass is 531 g/mol. The topological polar surface area (TPSA) is 99.6 Å². The summed E-state index contributed by atoms with van der Waals surface area (Å²) in [7, 11) is 0. The van der Waals surface area contributed by atoms with Crippen LogP contribution in [0.2, 0.25) is 0 Å². The predicted octanol–water partition coefficient (Wildman–Crippen LogP) is 3.93. The maximum atomic E-state index is 13.1. The Labute approximate surface area is 233 Å². The van der Waals surface area contributed by atoms with Gasteiger partial charge in [-0.05, 0) is 50.1 Å². The molecule has 0 N–H and O–H groups in total. The van der Waals surface area contributed by atoms with Gasteiger partial charge >= 0.3 is 0 Å². The Kier molecular flexibility index (Phi) is 6.79. The number of hydrogen-bond acceptors (Lipinski definition) is 7. The zero-order valence-electron chi connectivity index (χ0n) is 22.4. The number of nitrogens with zero attached hydrogens (tertiary/aromatic N) is 7. The molecule has 1 aliphatic carbocycles. The molecule has 0 radical (unpaired) electrons. The molecule has 2 aliphatic rings. The lowest BCUT2D eigenvalue weighted by atomic mass is 10.0. The minimum Gasteiger partial charge on any atom is -0.492 e. The van der Waals surface area contributed by atoms with Gasteiger partial charge in [0, 0.05) is 73.3 Å². The van der Waals surface area contributed by atoms with Gasteiger partial charge in [0.1, 0.15) is 17.6 Å². The molecule has 0 unspecified atom stereocenters. The first-order chi connectivity index (χ1) is 19.6. The van der Waals surface area contributed by atoms with Crippen molar-refractivity contribution < 1.29 is 9.53 Å². The molecule has 200 valence electrons. The van der Waals surface area contributed by atoms with Crippen LogP contribution >= 0.6 is 0 Å². The molecule has 9 heteroatoms. The first kappa shape index (κ1) is 25.4. The van der Waals surface area contributed by atoms with Gasteiger partial charge in [-0.3, -0.25) is 9.78 Å². The van der Waals surface area contributed by atoms with Gasteiger partial charge in [0.2, 0.25) is 5.91 Å². The summed E-state index contributed by atoms with van der Waals surface area (Å²) < 4.78 is 7.40. The Morgan fingerprint density at radius 1 is 1.10 bits per heavy atom. The van der Waals surface area contributed by atoms with Crippen molar-refractivity contribution in [3.63, 3.8) is 0 Å². The highest BCUT2D eigenvalue weighted by Crippen LogP contribution is 2.48. The number of aromatic nitrogens is 4. The number of hydrogen-bond donors (Lipinski definition) is 0. The van der Waals surface area contributed by atoms with E-state index in [1.807, 2.05) is 48.4 Å². The van der Waals surface area contributed by atoms with Crippen LogP contribution in [-0.4, -0.2) is 63.2 Å². The van der Waals surface area contributed by atoms with Crippen LogP contribution < -0.4 is 9.64 Å². The normalized spacial score (nSPS) is 15.7. The lowest BCUT2D eigenvalue weighted by Gasteiger charge is -2.36. The van der Waals surface area contributed by atoms with Crippen molar-refractivity contribution in [1.82, 2.24) is 24.5 Å². The summed E-state index contributed by atoms with van der Waals surface area (Å²) in [6, 6.07) is 11.9. The van der Waals surface area contributed by atoms with E-state index in [-0.39, 0.29) is 11.3 Å². The zero-order valence-corrected chi connectivity index (χ0v) is 22.4. The molecular formula is C31H29N7O2. The van der Waals surface area contributed by atoms with Crippen LogP contribution in [0.3, 0.4) is 0 Å². The van der Waals surface area contributed by atoms with E-state index in [0.29, 0.717) is 37.4 Å². The van der Waals surface area contributed by atoms with Crippen molar-refractivity contribution in [3.8, 4) is 34.8 Å². The number of anilines is 1. The fraction of sp³-hybridized carbons (Fsp3) is 0.323. The van der Waals surface area contributed by atoms with Crippen molar-refractivity contribution in [2.24, 2.45) is 5.41 Å². The number of carbonyl (C=O) groups is 1. The smallest absolute Gasteiger partial charge is 0.224 e. The number of pyridine rings is 3. The van der Waals surface area contributed by atoms with Gasteiger partial charge in [-0.15, -0.1) is 0 Å². The fourth-order valence-corrected chi connectivity index (χ4v) is 5.10. The SMILES string of the molecule is CCOc1cc(-c2ccc(N3CCN(C(=O)CC4(C#Cc5ccncc5)CC4)CC3)nc2)c2c(C#N)cnn2c1. The molecule has 9 nitrogen and oxygen atoms in total. The molecule has 0 aromatic carbocycles. The van der Waals surface area contributed by atoms with E-state index < -0.39 is 0 Å². The average Bonchev–Trinajstić information content (AvgIpc) is 3.64. The Morgan fingerprint density at radius 3 is 2.58 bits per heavy atom. The van der Waals surface area contributed by atoms with E-state index in [1.165, 1.54) is 0 Å². The van der Waals surface area contributed by atoms with Crippen LogP contribution in [-0.2, 0) is 4.79 Å². The second-order valence-corrected chi connectivity index (χ2v) is 10.2.